The summed E-state index contributed by atoms with van der Waals surface area (Å²) in [4.78, 5) is 25.5. The van der Waals surface area contributed by atoms with Gasteiger partial charge in [0.1, 0.15) is 11.3 Å². The van der Waals surface area contributed by atoms with Crippen LogP contribution in [0.15, 0.2) is 59.5 Å². The molecule has 3 rings (SSSR count). The van der Waals surface area contributed by atoms with E-state index in [4.69, 9.17) is 4.74 Å². The Labute approximate surface area is 152 Å². The van der Waals surface area contributed by atoms with Gasteiger partial charge < -0.3 is 14.6 Å². The van der Waals surface area contributed by atoms with Crippen LogP contribution >= 0.6 is 0 Å². The van der Waals surface area contributed by atoms with Crippen LogP contribution in [0, 0.1) is 0 Å². The van der Waals surface area contributed by atoms with Gasteiger partial charge in [-0.05, 0) is 43.7 Å². The van der Waals surface area contributed by atoms with Crippen LogP contribution in [0.1, 0.15) is 35.8 Å². The first kappa shape index (κ1) is 17.7. The van der Waals surface area contributed by atoms with Crippen molar-refractivity contribution in [3.8, 4) is 5.75 Å². The summed E-state index contributed by atoms with van der Waals surface area (Å²) < 4.78 is 7.07. The van der Waals surface area contributed by atoms with Crippen molar-refractivity contribution in [3.63, 3.8) is 0 Å². The molecule has 1 heterocycles. The van der Waals surface area contributed by atoms with E-state index in [0.29, 0.717) is 11.9 Å². The molecule has 1 atom stereocenters. The van der Waals surface area contributed by atoms with E-state index in [1.54, 1.807) is 19.4 Å². The number of hydrogen-bond acceptors (Lipinski definition) is 3. The number of carbonyl (C=O) groups is 1. The normalized spacial score (nSPS) is 12.0. The summed E-state index contributed by atoms with van der Waals surface area (Å²) in [6.45, 7) is 4.55. The lowest BCUT2D eigenvalue weighted by Crippen LogP contribution is -2.31. The van der Waals surface area contributed by atoms with Gasteiger partial charge in [0.15, 0.2) is 0 Å². The maximum Gasteiger partial charge on any atom is 0.257 e. The summed E-state index contributed by atoms with van der Waals surface area (Å²) >= 11 is 0. The second kappa shape index (κ2) is 7.44. The Morgan fingerprint density at radius 3 is 2.50 bits per heavy atom. The van der Waals surface area contributed by atoms with Crippen molar-refractivity contribution >= 4 is 16.8 Å². The number of nitrogens with one attached hydrogen (secondary N) is 1. The van der Waals surface area contributed by atoms with Crippen LogP contribution in [0.4, 0.5) is 0 Å². The van der Waals surface area contributed by atoms with Crippen LogP contribution in [0.3, 0.4) is 0 Å². The second-order valence-corrected chi connectivity index (χ2v) is 6.14. The highest BCUT2D eigenvalue weighted by atomic mass is 16.5. The topological polar surface area (TPSA) is 60.3 Å². The molecule has 0 saturated carbocycles. The molecule has 3 aromatic rings. The van der Waals surface area contributed by atoms with E-state index in [1.165, 1.54) is 0 Å². The fourth-order valence-corrected chi connectivity index (χ4v) is 3.02. The van der Waals surface area contributed by atoms with Gasteiger partial charge in [-0.3, -0.25) is 9.59 Å². The Bertz CT molecular complexity index is 990. The zero-order chi connectivity index (χ0) is 18.7. The molecule has 0 aliphatic carbocycles. The zero-order valence-corrected chi connectivity index (χ0v) is 15.2. The number of aryl methyl sites for hydroxylation is 1. The van der Waals surface area contributed by atoms with Crippen LogP contribution in [0.2, 0.25) is 0 Å². The van der Waals surface area contributed by atoms with Crippen molar-refractivity contribution < 1.29 is 9.53 Å². The number of fused-ring (bicyclic) bond motifs is 1. The molecule has 0 unspecified atom stereocenters. The molecule has 0 fully saturated rings. The van der Waals surface area contributed by atoms with Gasteiger partial charge in [0.25, 0.3) is 5.91 Å². The fourth-order valence-electron chi connectivity index (χ4n) is 3.02. The fraction of sp³-hybridized carbons (Fsp3) is 0.238. The predicted molar refractivity (Wildman–Crippen MR) is 103 cm³/mol. The third kappa shape index (κ3) is 3.33. The SMILES string of the molecule is CCn1cc(C(=O)N[C@H](C)c2ccc(OC)cc2)c(=O)c2ccccc21. The zero-order valence-electron chi connectivity index (χ0n) is 15.2. The Kier molecular flexibility index (Phi) is 5.07. The minimum Gasteiger partial charge on any atom is -0.497 e. The Morgan fingerprint density at radius 1 is 1.15 bits per heavy atom. The summed E-state index contributed by atoms with van der Waals surface area (Å²) in [5, 5.41) is 3.47. The van der Waals surface area contributed by atoms with Crippen molar-refractivity contribution in [1.29, 1.82) is 0 Å². The molecular formula is C21H22N2O3. The number of amides is 1. The Hall–Kier alpha value is -3.08. The number of hydrogen-bond donors (Lipinski definition) is 1. The number of pyridine rings is 1. The molecular weight excluding hydrogens is 328 g/mol. The number of benzene rings is 2. The molecule has 0 aliphatic heterocycles. The van der Waals surface area contributed by atoms with Gasteiger partial charge >= 0.3 is 0 Å². The van der Waals surface area contributed by atoms with E-state index < -0.39 is 0 Å². The third-order valence-electron chi connectivity index (χ3n) is 4.54. The molecule has 5 nitrogen and oxygen atoms in total. The molecule has 1 aromatic heterocycles. The van der Waals surface area contributed by atoms with Gasteiger partial charge in [-0.1, -0.05) is 24.3 Å². The summed E-state index contributed by atoms with van der Waals surface area (Å²) in [5.74, 6) is 0.388. The van der Waals surface area contributed by atoms with Crippen molar-refractivity contribution in [2.75, 3.05) is 7.11 Å². The number of carbonyl (C=O) groups excluding carboxylic acids is 1. The average molecular weight is 350 g/mol. The molecule has 26 heavy (non-hydrogen) atoms. The number of ether oxygens (including phenoxy) is 1. The smallest absolute Gasteiger partial charge is 0.257 e. The van der Waals surface area contributed by atoms with Crippen molar-refractivity contribution in [2.45, 2.75) is 26.4 Å². The molecule has 5 heteroatoms. The monoisotopic (exact) mass is 350 g/mol. The van der Waals surface area contributed by atoms with Crippen molar-refractivity contribution in [1.82, 2.24) is 9.88 Å². The Morgan fingerprint density at radius 2 is 1.85 bits per heavy atom. The highest BCUT2D eigenvalue weighted by Gasteiger charge is 2.17. The lowest BCUT2D eigenvalue weighted by atomic mass is 10.1. The molecule has 134 valence electrons. The van der Waals surface area contributed by atoms with Gasteiger partial charge in [0.2, 0.25) is 5.43 Å². The van der Waals surface area contributed by atoms with Gasteiger partial charge in [0, 0.05) is 18.1 Å². The first-order valence-electron chi connectivity index (χ1n) is 8.62. The molecule has 0 bridgehead atoms. The average Bonchev–Trinajstić information content (AvgIpc) is 2.68. The molecule has 1 amide bonds. The first-order chi connectivity index (χ1) is 12.5. The minimum absolute atomic E-state index is 0.158. The largest absolute Gasteiger partial charge is 0.497 e. The Balaban J connectivity index is 1.92. The van der Waals surface area contributed by atoms with Crippen LogP contribution in [-0.2, 0) is 6.54 Å². The molecule has 0 radical (unpaired) electrons. The van der Waals surface area contributed by atoms with E-state index >= 15 is 0 Å². The van der Waals surface area contributed by atoms with E-state index in [2.05, 4.69) is 5.32 Å². The molecule has 1 N–H and O–H groups in total. The van der Waals surface area contributed by atoms with Crippen molar-refractivity contribution in [2.24, 2.45) is 0 Å². The van der Waals surface area contributed by atoms with E-state index in [1.807, 2.05) is 60.9 Å². The highest BCUT2D eigenvalue weighted by Crippen LogP contribution is 2.18. The summed E-state index contributed by atoms with van der Waals surface area (Å²) in [6, 6.07) is 14.6. The van der Waals surface area contributed by atoms with Crippen LogP contribution in [0.5, 0.6) is 5.75 Å². The third-order valence-corrected chi connectivity index (χ3v) is 4.54. The number of nitrogens with zero attached hydrogens (tertiary/aromatic N) is 1. The maximum atomic E-state index is 12.7. The summed E-state index contributed by atoms with van der Waals surface area (Å²) in [6.07, 6.45) is 1.64. The van der Waals surface area contributed by atoms with Crippen molar-refractivity contribution in [3.05, 3.63) is 76.1 Å². The van der Waals surface area contributed by atoms with E-state index in [9.17, 15) is 9.59 Å². The molecule has 2 aromatic carbocycles. The molecule has 0 aliphatic rings. The summed E-state index contributed by atoms with van der Waals surface area (Å²) in [5.41, 5.74) is 1.69. The number of rotatable bonds is 5. The highest BCUT2D eigenvalue weighted by molar-refractivity contribution is 5.97. The maximum absolute atomic E-state index is 12.7. The van der Waals surface area contributed by atoms with Gasteiger partial charge in [-0.25, -0.2) is 0 Å². The van der Waals surface area contributed by atoms with Crippen LogP contribution < -0.4 is 15.5 Å². The van der Waals surface area contributed by atoms with E-state index in [-0.39, 0.29) is 22.9 Å². The lowest BCUT2D eigenvalue weighted by molar-refractivity contribution is 0.0938. The molecule has 0 saturated heterocycles. The number of methoxy groups -OCH3 is 1. The van der Waals surface area contributed by atoms with Gasteiger partial charge in [0.05, 0.1) is 18.7 Å². The number of para-hydroxylation sites is 1. The number of aromatic nitrogens is 1. The predicted octanol–water partition coefficient (Wildman–Crippen LogP) is 3.52. The summed E-state index contributed by atoms with van der Waals surface area (Å²) in [7, 11) is 1.61. The van der Waals surface area contributed by atoms with Crippen LogP contribution in [-0.4, -0.2) is 17.6 Å². The van der Waals surface area contributed by atoms with E-state index in [0.717, 1.165) is 16.8 Å². The minimum atomic E-state index is -0.369. The van der Waals surface area contributed by atoms with Crippen LogP contribution in [0.25, 0.3) is 10.9 Å². The lowest BCUT2D eigenvalue weighted by Gasteiger charge is -2.16. The quantitative estimate of drug-likeness (QED) is 0.766. The standard InChI is InChI=1S/C21H22N2O3/c1-4-23-13-18(20(24)17-7-5-6-8-19(17)23)21(25)22-14(2)15-9-11-16(26-3)12-10-15/h5-14H,4H2,1-3H3,(H,22,25)/t14-/m1/s1. The van der Waals surface area contributed by atoms with Gasteiger partial charge in [-0.15, -0.1) is 0 Å². The second-order valence-electron chi connectivity index (χ2n) is 6.14. The molecule has 0 spiro atoms. The first-order valence-corrected chi connectivity index (χ1v) is 8.62. The van der Waals surface area contributed by atoms with Gasteiger partial charge in [-0.2, -0.15) is 0 Å².